The molecule has 2 fully saturated rings. The summed E-state index contributed by atoms with van der Waals surface area (Å²) in [5.74, 6) is 0.988. The molecular weight excluding hydrogens is 240 g/mol. The number of amides is 1. The number of hydrogen-bond acceptors (Lipinski definition) is 3. The number of carbonyl (C=O) groups excluding carboxylic acids is 1. The fourth-order valence-electron chi connectivity index (χ4n) is 3.02. The minimum atomic E-state index is -0.119. The molecule has 2 saturated heterocycles. The zero-order chi connectivity index (χ0) is 13.7. The second-order valence-electron chi connectivity index (χ2n) is 6.31. The molecule has 2 rings (SSSR count). The molecule has 0 aromatic rings. The Balaban J connectivity index is 1.73. The summed E-state index contributed by atoms with van der Waals surface area (Å²) in [5, 5.41) is 3.18. The van der Waals surface area contributed by atoms with Crippen molar-refractivity contribution < 1.29 is 9.53 Å². The van der Waals surface area contributed by atoms with Crippen molar-refractivity contribution in [3.05, 3.63) is 0 Å². The number of carbonyl (C=O) groups is 1. The summed E-state index contributed by atoms with van der Waals surface area (Å²) in [4.78, 5) is 14.2. The van der Waals surface area contributed by atoms with Crippen LogP contribution < -0.4 is 5.32 Å². The minimum absolute atomic E-state index is 0.119. The molecule has 1 unspecified atom stereocenters. The van der Waals surface area contributed by atoms with Gasteiger partial charge in [0.05, 0.1) is 5.60 Å². The van der Waals surface area contributed by atoms with E-state index < -0.39 is 0 Å². The van der Waals surface area contributed by atoms with Gasteiger partial charge in [0.15, 0.2) is 0 Å². The van der Waals surface area contributed by atoms with Gasteiger partial charge in [-0.05, 0) is 32.1 Å². The first-order chi connectivity index (χ1) is 9.13. The topological polar surface area (TPSA) is 41.6 Å². The molecule has 2 aliphatic heterocycles. The molecule has 4 nitrogen and oxygen atoms in total. The number of hydrogen-bond donors (Lipinski definition) is 1. The highest BCUT2D eigenvalue weighted by Gasteiger charge is 2.33. The first-order valence-electron chi connectivity index (χ1n) is 7.75. The number of nitrogens with zero attached hydrogens (tertiary/aromatic N) is 1. The molecule has 19 heavy (non-hydrogen) atoms. The molecule has 0 aromatic heterocycles. The van der Waals surface area contributed by atoms with E-state index in [9.17, 15) is 4.79 Å². The molecule has 1 amide bonds. The Labute approximate surface area is 116 Å². The van der Waals surface area contributed by atoms with Crippen LogP contribution in [-0.4, -0.2) is 49.2 Å². The maximum absolute atomic E-state index is 12.2. The summed E-state index contributed by atoms with van der Waals surface area (Å²) in [6.07, 6.45) is 6.16. The van der Waals surface area contributed by atoms with E-state index >= 15 is 0 Å². The first-order valence-corrected chi connectivity index (χ1v) is 7.75. The zero-order valence-electron chi connectivity index (χ0n) is 12.4. The van der Waals surface area contributed by atoms with Crippen LogP contribution in [-0.2, 0) is 9.53 Å². The van der Waals surface area contributed by atoms with Crippen molar-refractivity contribution in [3.8, 4) is 0 Å². The largest absolute Gasteiger partial charge is 0.363 e. The average molecular weight is 268 g/mol. The second-order valence-corrected chi connectivity index (χ2v) is 6.31. The lowest BCUT2D eigenvalue weighted by atomic mass is 9.96. The SMILES string of the molecule is CCCC1CCCN(C(=O)COC2(C)CNC2)CC1. The van der Waals surface area contributed by atoms with Crippen molar-refractivity contribution >= 4 is 5.91 Å². The van der Waals surface area contributed by atoms with E-state index in [2.05, 4.69) is 19.2 Å². The first kappa shape index (κ1) is 14.8. The summed E-state index contributed by atoms with van der Waals surface area (Å²) in [7, 11) is 0. The van der Waals surface area contributed by atoms with Crippen molar-refractivity contribution in [1.82, 2.24) is 10.2 Å². The van der Waals surface area contributed by atoms with E-state index in [0.717, 1.165) is 38.5 Å². The summed E-state index contributed by atoms with van der Waals surface area (Å²) in [5.41, 5.74) is -0.119. The van der Waals surface area contributed by atoms with Gasteiger partial charge in [0.1, 0.15) is 6.61 Å². The quantitative estimate of drug-likeness (QED) is 0.826. The molecule has 2 heterocycles. The molecule has 1 N–H and O–H groups in total. The van der Waals surface area contributed by atoms with Crippen LogP contribution >= 0.6 is 0 Å². The lowest BCUT2D eigenvalue weighted by Crippen LogP contribution is -2.59. The van der Waals surface area contributed by atoms with E-state index in [0.29, 0.717) is 0 Å². The third-order valence-corrected chi connectivity index (χ3v) is 4.44. The number of nitrogens with one attached hydrogen (secondary N) is 1. The summed E-state index contributed by atoms with van der Waals surface area (Å²) < 4.78 is 5.74. The Bertz CT molecular complexity index is 303. The number of likely N-dealkylation sites (tertiary alicyclic amines) is 1. The Morgan fingerprint density at radius 2 is 2.16 bits per heavy atom. The van der Waals surface area contributed by atoms with Crippen molar-refractivity contribution in [3.63, 3.8) is 0 Å². The summed E-state index contributed by atoms with van der Waals surface area (Å²) in [6.45, 7) is 8.11. The Morgan fingerprint density at radius 3 is 2.79 bits per heavy atom. The van der Waals surface area contributed by atoms with Gasteiger partial charge in [-0.15, -0.1) is 0 Å². The molecule has 0 aliphatic carbocycles. The van der Waals surface area contributed by atoms with Crippen LogP contribution in [0.4, 0.5) is 0 Å². The third kappa shape index (κ3) is 4.18. The molecular formula is C15H28N2O2. The maximum atomic E-state index is 12.2. The van der Waals surface area contributed by atoms with E-state index in [1.165, 1.54) is 25.7 Å². The maximum Gasteiger partial charge on any atom is 0.248 e. The minimum Gasteiger partial charge on any atom is -0.363 e. The van der Waals surface area contributed by atoms with Crippen LogP contribution in [0.1, 0.15) is 46.0 Å². The van der Waals surface area contributed by atoms with Gasteiger partial charge in [-0.2, -0.15) is 0 Å². The summed E-state index contributed by atoms with van der Waals surface area (Å²) >= 11 is 0. The smallest absolute Gasteiger partial charge is 0.248 e. The van der Waals surface area contributed by atoms with Crippen LogP contribution in [0.2, 0.25) is 0 Å². The fraction of sp³-hybridized carbons (Fsp3) is 0.933. The third-order valence-electron chi connectivity index (χ3n) is 4.44. The highest BCUT2D eigenvalue weighted by Crippen LogP contribution is 2.22. The highest BCUT2D eigenvalue weighted by molar-refractivity contribution is 5.77. The predicted octanol–water partition coefficient (Wildman–Crippen LogP) is 1.79. The zero-order valence-corrected chi connectivity index (χ0v) is 12.4. The van der Waals surface area contributed by atoms with Crippen LogP contribution in [0.25, 0.3) is 0 Å². The van der Waals surface area contributed by atoms with Crippen molar-refractivity contribution in [2.75, 3.05) is 32.8 Å². The molecule has 110 valence electrons. The van der Waals surface area contributed by atoms with Crippen LogP contribution in [0.3, 0.4) is 0 Å². The van der Waals surface area contributed by atoms with Crippen molar-refractivity contribution in [1.29, 1.82) is 0 Å². The van der Waals surface area contributed by atoms with Crippen molar-refractivity contribution in [2.24, 2.45) is 5.92 Å². The predicted molar refractivity (Wildman–Crippen MR) is 76.1 cm³/mol. The van der Waals surface area contributed by atoms with Gasteiger partial charge in [-0.3, -0.25) is 4.79 Å². The Kier molecular flexibility index (Phi) is 5.22. The number of rotatable bonds is 5. The van der Waals surface area contributed by atoms with Gasteiger partial charge in [0.25, 0.3) is 0 Å². The molecule has 4 heteroatoms. The van der Waals surface area contributed by atoms with Gasteiger partial charge in [0.2, 0.25) is 5.91 Å². The Morgan fingerprint density at radius 1 is 1.37 bits per heavy atom. The highest BCUT2D eigenvalue weighted by atomic mass is 16.5. The molecule has 0 saturated carbocycles. The lowest BCUT2D eigenvalue weighted by molar-refractivity contribution is -0.145. The van der Waals surface area contributed by atoms with Gasteiger partial charge in [0, 0.05) is 26.2 Å². The van der Waals surface area contributed by atoms with E-state index in [4.69, 9.17) is 4.74 Å². The van der Waals surface area contributed by atoms with E-state index in [1.807, 2.05) is 4.90 Å². The summed E-state index contributed by atoms with van der Waals surface area (Å²) in [6, 6.07) is 0. The van der Waals surface area contributed by atoms with Gasteiger partial charge < -0.3 is 15.0 Å². The van der Waals surface area contributed by atoms with Crippen LogP contribution in [0.5, 0.6) is 0 Å². The van der Waals surface area contributed by atoms with Gasteiger partial charge >= 0.3 is 0 Å². The van der Waals surface area contributed by atoms with Crippen LogP contribution in [0.15, 0.2) is 0 Å². The Hall–Kier alpha value is -0.610. The lowest BCUT2D eigenvalue weighted by Gasteiger charge is -2.39. The monoisotopic (exact) mass is 268 g/mol. The van der Waals surface area contributed by atoms with Gasteiger partial charge in [-0.1, -0.05) is 19.8 Å². The molecule has 0 spiro atoms. The molecule has 0 bridgehead atoms. The number of ether oxygens (including phenoxy) is 1. The second kappa shape index (κ2) is 6.71. The van der Waals surface area contributed by atoms with Gasteiger partial charge in [-0.25, -0.2) is 0 Å². The van der Waals surface area contributed by atoms with E-state index in [-0.39, 0.29) is 18.1 Å². The fourth-order valence-corrected chi connectivity index (χ4v) is 3.02. The van der Waals surface area contributed by atoms with E-state index in [1.54, 1.807) is 0 Å². The molecule has 0 aromatic carbocycles. The standard InChI is InChI=1S/C15H28N2O2/c1-3-5-13-6-4-8-17(9-7-13)14(18)10-19-15(2)11-16-12-15/h13,16H,3-12H2,1-2H3. The average Bonchev–Trinajstić information content (AvgIpc) is 2.60. The van der Waals surface area contributed by atoms with Crippen LogP contribution in [0, 0.1) is 5.92 Å². The van der Waals surface area contributed by atoms with Crippen molar-refractivity contribution in [2.45, 2.75) is 51.6 Å². The molecule has 2 aliphatic rings. The molecule has 0 radical (unpaired) electrons. The normalized spacial score (nSPS) is 26.6. The molecule has 1 atom stereocenters.